The predicted molar refractivity (Wildman–Crippen MR) is 73.5 cm³/mol. The Hall–Kier alpha value is -1.41. The summed E-state index contributed by atoms with van der Waals surface area (Å²) in [4.78, 5) is 15.6. The van der Waals surface area contributed by atoms with Gasteiger partial charge in [0.1, 0.15) is 11.8 Å². The summed E-state index contributed by atoms with van der Waals surface area (Å²) in [5.41, 5.74) is 0.816. The van der Waals surface area contributed by atoms with Crippen LogP contribution in [0.25, 0.3) is 0 Å². The first-order valence-corrected chi connectivity index (χ1v) is 7.10. The van der Waals surface area contributed by atoms with Gasteiger partial charge in [-0.2, -0.15) is 5.26 Å². The maximum Gasteiger partial charge on any atom is 0.269 e. The molecule has 0 atom stereocenters. The van der Waals surface area contributed by atoms with Crippen LogP contribution < -0.4 is 5.32 Å². The maximum absolute atomic E-state index is 11.7. The van der Waals surface area contributed by atoms with E-state index in [1.54, 1.807) is 12.1 Å². The van der Waals surface area contributed by atoms with Crippen LogP contribution >= 0.6 is 15.9 Å². The number of hydrogen-bond donors (Lipinski definition) is 1. The van der Waals surface area contributed by atoms with Gasteiger partial charge in [-0.1, -0.05) is 28.8 Å². The first-order chi connectivity index (χ1) is 8.77. The zero-order valence-electron chi connectivity index (χ0n) is 10.2. The molecule has 0 bridgehead atoms. The van der Waals surface area contributed by atoms with Crippen molar-refractivity contribution in [2.75, 3.05) is 11.9 Å². The molecule has 0 saturated carbocycles. The smallest absolute Gasteiger partial charge is 0.269 e. The number of halogens is 1. The zero-order valence-corrected chi connectivity index (χ0v) is 11.7. The molecule has 1 amide bonds. The monoisotopic (exact) mass is 309 g/mol. The number of carbonyl (C=O) groups excluding carboxylic acids is 1. The molecule has 0 unspecified atom stereocenters. The van der Waals surface area contributed by atoms with Gasteiger partial charge in [0.2, 0.25) is 0 Å². The topological polar surface area (TPSA) is 65.8 Å². The van der Waals surface area contributed by atoms with Crippen LogP contribution in [-0.2, 0) is 0 Å². The Balaban J connectivity index is 2.26. The van der Waals surface area contributed by atoms with E-state index in [1.807, 2.05) is 6.07 Å². The van der Waals surface area contributed by atoms with Gasteiger partial charge in [0, 0.05) is 18.1 Å². The summed E-state index contributed by atoms with van der Waals surface area (Å²) in [5, 5.41) is 12.5. The molecule has 1 rings (SSSR count). The molecule has 1 aromatic rings. The van der Waals surface area contributed by atoms with Gasteiger partial charge >= 0.3 is 0 Å². The molecule has 1 N–H and O–H groups in total. The van der Waals surface area contributed by atoms with E-state index >= 15 is 0 Å². The minimum Gasteiger partial charge on any atom is -0.351 e. The van der Waals surface area contributed by atoms with E-state index in [0.717, 1.165) is 18.2 Å². The quantitative estimate of drug-likeness (QED) is 0.622. The van der Waals surface area contributed by atoms with Crippen molar-refractivity contribution >= 4 is 21.8 Å². The Kier molecular flexibility index (Phi) is 7.04. The number of unbranched alkanes of at least 4 members (excludes halogenated alkanes) is 3. The fourth-order valence-electron chi connectivity index (χ4n) is 1.46. The van der Waals surface area contributed by atoms with Gasteiger partial charge in [0.15, 0.2) is 0 Å². The highest BCUT2D eigenvalue weighted by molar-refractivity contribution is 9.09. The van der Waals surface area contributed by atoms with Crippen LogP contribution in [0, 0.1) is 11.3 Å². The molecular formula is C13H16BrN3O. The predicted octanol–water partition coefficient (Wildman–Crippen LogP) is 2.64. The molecule has 0 spiro atoms. The lowest BCUT2D eigenvalue weighted by molar-refractivity contribution is 0.0948. The van der Waals surface area contributed by atoms with Crippen LogP contribution in [0.1, 0.15) is 41.7 Å². The van der Waals surface area contributed by atoms with E-state index in [0.29, 0.717) is 17.8 Å². The number of rotatable bonds is 7. The Morgan fingerprint density at radius 3 is 2.72 bits per heavy atom. The number of alkyl halides is 1. The molecule has 0 aliphatic rings. The summed E-state index contributed by atoms with van der Waals surface area (Å²) in [6.07, 6.45) is 5.86. The number of aromatic nitrogens is 1. The average Bonchev–Trinajstić information content (AvgIpc) is 2.42. The van der Waals surface area contributed by atoms with Crippen LogP contribution in [0.2, 0.25) is 0 Å². The number of nitrogens with one attached hydrogen (secondary N) is 1. The van der Waals surface area contributed by atoms with Crippen molar-refractivity contribution in [1.82, 2.24) is 10.3 Å². The third-order valence-electron chi connectivity index (χ3n) is 2.47. The van der Waals surface area contributed by atoms with Gasteiger partial charge < -0.3 is 5.32 Å². The normalized spacial score (nSPS) is 9.78. The van der Waals surface area contributed by atoms with Gasteiger partial charge in [-0.05, 0) is 25.0 Å². The Bertz CT molecular complexity index is 411. The van der Waals surface area contributed by atoms with Crippen molar-refractivity contribution in [2.24, 2.45) is 0 Å². The summed E-state index contributed by atoms with van der Waals surface area (Å²) >= 11 is 3.38. The number of nitrogens with zero attached hydrogens (tertiary/aromatic N) is 2. The number of hydrogen-bond acceptors (Lipinski definition) is 3. The molecule has 5 heteroatoms. The molecule has 0 aliphatic carbocycles. The molecule has 18 heavy (non-hydrogen) atoms. The van der Waals surface area contributed by atoms with Crippen molar-refractivity contribution in [3.05, 3.63) is 29.6 Å². The molecule has 0 saturated heterocycles. The van der Waals surface area contributed by atoms with Crippen LogP contribution in [0.4, 0.5) is 0 Å². The van der Waals surface area contributed by atoms with E-state index in [-0.39, 0.29) is 5.91 Å². The molecule has 0 radical (unpaired) electrons. The van der Waals surface area contributed by atoms with Gasteiger partial charge in [0.05, 0.1) is 5.56 Å². The van der Waals surface area contributed by atoms with Crippen LogP contribution in [0.15, 0.2) is 18.3 Å². The summed E-state index contributed by atoms with van der Waals surface area (Å²) < 4.78 is 0. The molecule has 0 aromatic carbocycles. The molecule has 0 fully saturated rings. The van der Waals surface area contributed by atoms with Crippen molar-refractivity contribution < 1.29 is 4.79 Å². The number of pyridine rings is 1. The summed E-state index contributed by atoms with van der Waals surface area (Å²) in [6.45, 7) is 0.669. The van der Waals surface area contributed by atoms with Gasteiger partial charge in [-0.25, -0.2) is 4.98 Å². The first-order valence-electron chi connectivity index (χ1n) is 5.98. The highest BCUT2D eigenvalue weighted by Gasteiger charge is 2.05. The molecule has 96 valence electrons. The molecule has 0 aliphatic heterocycles. The Morgan fingerprint density at radius 2 is 2.11 bits per heavy atom. The number of amides is 1. The lowest BCUT2D eigenvalue weighted by atomic mass is 10.2. The molecule has 1 heterocycles. The highest BCUT2D eigenvalue weighted by Crippen LogP contribution is 2.02. The lowest BCUT2D eigenvalue weighted by Crippen LogP contribution is -2.25. The van der Waals surface area contributed by atoms with Crippen LogP contribution in [0.5, 0.6) is 0 Å². The standard InChI is InChI=1S/C13H16BrN3O/c14-7-3-1-2-4-8-16-13(18)12-6-5-11(9-15)10-17-12/h5-6,10H,1-4,7-8H2,(H,16,18). The minimum atomic E-state index is -0.181. The third-order valence-corrected chi connectivity index (χ3v) is 3.03. The Labute approximate surface area is 116 Å². The lowest BCUT2D eigenvalue weighted by Gasteiger charge is -2.04. The summed E-state index contributed by atoms with van der Waals surface area (Å²) in [5.74, 6) is -0.181. The van der Waals surface area contributed by atoms with Crippen LogP contribution in [0.3, 0.4) is 0 Å². The van der Waals surface area contributed by atoms with Crippen molar-refractivity contribution in [3.8, 4) is 6.07 Å². The second-order valence-electron chi connectivity index (χ2n) is 3.90. The average molecular weight is 310 g/mol. The Morgan fingerprint density at radius 1 is 1.33 bits per heavy atom. The van der Waals surface area contributed by atoms with Gasteiger partial charge in [-0.3, -0.25) is 4.79 Å². The van der Waals surface area contributed by atoms with E-state index in [2.05, 4.69) is 26.2 Å². The summed E-state index contributed by atoms with van der Waals surface area (Å²) in [7, 11) is 0. The number of carbonyl (C=O) groups is 1. The SMILES string of the molecule is N#Cc1ccc(C(=O)NCCCCCCBr)nc1. The second-order valence-corrected chi connectivity index (χ2v) is 4.70. The second kappa shape index (κ2) is 8.65. The highest BCUT2D eigenvalue weighted by atomic mass is 79.9. The van der Waals surface area contributed by atoms with Gasteiger partial charge in [-0.15, -0.1) is 0 Å². The van der Waals surface area contributed by atoms with Crippen molar-refractivity contribution in [1.29, 1.82) is 5.26 Å². The number of nitriles is 1. The van der Waals surface area contributed by atoms with Crippen molar-refractivity contribution in [2.45, 2.75) is 25.7 Å². The first kappa shape index (κ1) is 14.7. The van der Waals surface area contributed by atoms with E-state index in [1.165, 1.54) is 19.0 Å². The summed E-state index contributed by atoms with van der Waals surface area (Å²) in [6, 6.07) is 5.13. The zero-order chi connectivity index (χ0) is 13.2. The van der Waals surface area contributed by atoms with Crippen molar-refractivity contribution in [3.63, 3.8) is 0 Å². The molecule has 4 nitrogen and oxygen atoms in total. The van der Waals surface area contributed by atoms with Crippen LogP contribution in [-0.4, -0.2) is 22.8 Å². The maximum atomic E-state index is 11.7. The third kappa shape index (κ3) is 5.28. The van der Waals surface area contributed by atoms with E-state index in [4.69, 9.17) is 5.26 Å². The van der Waals surface area contributed by atoms with E-state index < -0.39 is 0 Å². The van der Waals surface area contributed by atoms with Gasteiger partial charge in [0.25, 0.3) is 5.91 Å². The van der Waals surface area contributed by atoms with E-state index in [9.17, 15) is 4.79 Å². The minimum absolute atomic E-state index is 0.181. The molecule has 1 aromatic heterocycles. The fraction of sp³-hybridized carbons (Fsp3) is 0.462. The fourth-order valence-corrected chi connectivity index (χ4v) is 1.86. The molecular weight excluding hydrogens is 294 g/mol. The largest absolute Gasteiger partial charge is 0.351 e.